The summed E-state index contributed by atoms with van der Waals surface area (Å²) in [5.41, 5.74) is 1.23. The topological polar surface area (TPSA) is 34.1 Å². The van der Waals surface area contributed by atoms with Crippen LogP contribution in [0.15, 0.2) is 48.5 Å². The molecule has 2 rings (SSSR count). The fraction of sp³-hybridized carbons (Fsp3) is 0.154. The first kappa shape index (κ1) is 10.5. The second-order valence-electron chi connectivity index (χ2n) is 3.40. The molecule has 0 unspecified atom stereocenters. The van der Waals surface area contributed by atoms with Gasteiger partial charge in [0.15, 0.2) is 0 Å². The van der Waals surface area contributed by atoms with E-state index < -0.39 is 0 Å². The lowest BCUT2D eigenvalue weighted by Crippen LogP contribution is -2.01. The van der Waals surface area contributed by atoms with Crippen molar-refractivity contribution in [3.8, 4) is 5.88 Å². The van der Waals surface area contributed by atoms with Crippen LogP contribution in [0.5, 0.6) is 5.88 Å². The third-order valence-corrected chi connectivity index (χ3v) is 2.25. The van der Waals surface area contributed by atoms with Crippen LogP contribution in [0.2, 0.25) is 0 Å². The average Bonchev–Trinajstić information content (AvgIpc) is 2.38. The molecular weight excluding hydrogens is 200 g/mol. The van der Waals surface area contributed by atoms with Gasteiger partial charge >= 0.3 is 0 Å². The Morgan fingerprint density at radius 3 is 2.62 bits per heavy atom. The Morgan fingerprint density at radius 1 is 1.06 bits per heavy atom. The summed E-state index contributed by atoms with van der Waals surface area (Å²) in [4.78, 5) is 4.27. The quantitative estimate of drug-likeness (QED) is 0.849. The van der Waals surface area contributed by atoms with E-state index in [0.717, 1.165) is 12.4 Å². The van der Waals surface area contributed by atoms with Crippen molar-refractivity contribution in [2.75, 3.05) is 12.4 Å². The first-order valence-corrected chi connectivity index (χ1v) is 5.17. The van der Waals surface area contributed by atoms with Crippen molar-refractivity contribution in [3.63, 3.8) is 0 Å². The number of benzene rings is 1. The van der Waals surface area contributed by atoms with Crippen LogP contribution in [-0.4, -0.2) is 12.1 Å². The highest BCUT2D eigenvalue weighted by Crippen LogP contribution is 2.11. The number of hydrogen-bond acceptors (Lipinski definition) is 3. The van der Waals surface area contributed by atoms with E-state index >= 15 is 0 Å². The maximum absolute atomic E-state index is 5.06. The van der Waals surface area contributed by atoms with Gasteiger partial charge in [-0.15, -0.1) is 0 Å². The number of aromatic nitrogens is 1. The van der Waals surface area contributed by atoms with E-state index in [1.54, 1.807) is 7.11 Å². The van der Waals surface area contributed by atoms with Gasteiger partial charge in [0.05, 0.1) is 7.11 Å². The highest BCUT2D eigenvalue weighted by atomic mass is 16.5. The molecule has 0 aliphatic heterocycles. The molecule has 1 heterocycles. The van der Waals surface area contributed by atoms with Crippen molar-refractivity contribution in [1.82, 2.24) is 4.98 Å². The van der Waals surface area contributed by atoms with E-state index in [0.29, 0.717) is 5.88 Å². The maximum Gasteiger partial charge on any atom is 0.214 e. The SMILES string of the molecule is COc1cccc(NCc2ccccc2)n1. The van der Waals surface area contributed by atoms with Crippen LogP contribution in [-0.2, 0) is 6.54 Å². The first-order chi connectivity index (χ1) is 7.88. The third kappa shape index (κ3) is 2.73. The van der Waals surface area contributed by atoms with Crippen LogP contribution in [0.25, 0.3) is 0 Å². The monoisotopic (exact) mass is 214 g/mol. The molecule has 0 amide bonds. The zero-order valence-corrected chi connectivity index (χ0v) is 9.18. The predicted molar refractivity (Wildman–Crippen MR) is 64.6 cm³/mol. The number of pyridine rings is 1. The zero-order chi connectivity index (χ0) is 11.2. The molecule has 3 nitrogen and oxygen atoms in total. The summed E-state index contributed by atoms with van der Waals surface area (Å²) in [6.45, 7) is 0.765. The van der Waals surface area contributed by atoms with Gasteiger partial charge in [-0.05, 0) is 11.6 Å². The van der Waals surface area contributed by atoms with Crippen LogP contribution in [0, 0.1) is 0 Å². The number of nitrogens with one attached hydrogen (secondary N) is 1. The number of nitrogens with zero attached hydrogens (tertiary/aromatic N) is 1. The number of hydrogen-bond donors (Lipinski definition) is 1. The lowest BCUT2D eigenvalue weighted by molar-refractivity contribution is 0.398. The van der Waals surface area contributed by atoms with E-state index in [-0.39, 0.29) is 0 Å². The Kier molecular flexibility index (Phi) is 3.38. The van der Waals surface area contributed by atoms with Crippen molar-refractivity contribution in [3.05, 3.63) is 54.1 Å². The Bertz CT molecular complexity index is 443. The molecule has 0 spiro atoms. The summed E-state index contributed by atoms with van der Waals surface area (Å²) in [5.74, 6) is 1.45. The summed E-state index contributed by atoms with van der Waals surface area (Å²) >= 11 is 0. The number of methoxy groups -OCH3 is 1. The fourth-order valence-corrected chi connectivity index (χ4v) is 1.42. The molecule has 0 atom stereocenters. The molecule has 82 valence electrons. The Hall–Kier alpha value is -2.03. The Morgan fingerprint density at radius 2 is 1.88 bits per heavy atom. The normalized spacial score (nSPS) is 9.81. The minimum absolute atomic E-state index is 0.623. The molecule has 0 radical (unpaired) electrons. The summed E-state index contributed by atoms with van der Waals surface area (Å²) in [6, 6.07) is 15.9. The van der Waals surface area contributed by atoms with Crippen LogP contribution in [0.1, 0.15) is 5.56 Å². The molecule has 0 aliphatic carbocycles. The van der Waals surface area contributed by atoms with Gasteiger partial charge in [-0.25, -0.2) is 0 Å². The molecule has 2 aromatic rings. The molecule has 0 fully saturated rings. The highest BCUT2D eigenvalue weighted by Gasteiger charge is 1.96. The molecule has 0 aliphatic rings. The Balaban J connectivity index is 1.99. The van der Waals surface area contributed by atoms with Gasteiger partial charge in [0.1, 0.15) is 5.82 Å². The van der Waals surface area contributed by atoms with E-state index in [1.165, 1.54) is 5.56 Å². The van der Waals surface area contributed by atoms with Crippen LogP contribution in [0.4, 0.5) is 5.82 Å². The third-order valence-electron chi connectivity index (χ3n) is 2.25. The molecular formula is C13H14N2O. The lowest BCUT2D eigenvalue weighted by Gasteiger charge is -2.06. The van der Waals surface area contributed by atoms with E-state index in [2.05, 4.69) is 22.4 Å². The molecule has 0 saturated carbocycles. The number of ether oxygens (including phenoxy) is 1. The molecule has 3 heteroatoms. The minimum Gasteiger partial charge on any atom is -0.481 e. The maximum atomic E-state index is 5.06. The van der Waals surface area contributed by atoms with Gasteiger partial charge < -0.3 is 10.1 Å². The van der Waals surface area contributed by atoms with Crippen molar-refractivity contribution in [2.24, 2.45) is 0 Å². The average molecular weight is 214 g/mol. The van der Waals surface area contributed by atoms with Crippen molar-refractivity contribution < 1.29 is 4.74 Å². The number of anilines is 1. The smallest absolute Gasteiger partial charge is 0.214 e. The second-order valence-corrected chi connectivity index (χ2v) is 3.40. The highest BCUT2D eigenvalue weighted by molar-refractivity contribution is 5.38. The van der Waals surface area contributed by atoms with Crippen molar-refractivity contribution >= 4 is 5.82 Å². The molecule has 16 heavy (non-hydrogen) atoms. The zero-order valence-electron chi connectivity index (χ0n) is 9.18. The summed E-state index contributed by atoms with van der Waals surface area (Å²) in [7, 11) is 1.61. The van der Waals surface area contributed by atoms with Crippen LogP contribution >= 0.6 is 0 Å². The molecule has 0 bridgehead atoms. The van der Waals surface area contributed by atoms with Crippen molar-refractivity contribution in [2.45, 2.75) is 6.54 Å². The lowest BCUT2D eigenvalue weighted by atomic mass is 10.2. The van der Waals surface area contributed by atoms with Crippen LogP contribution < -0.4 is 10.1 Å². The summed E-state index contributed by atoms with van der Waals surface area (Å²) in [6.07, 6.45) is 0. The van der Waals surface area contributed by atoms with E-state index in [1.807, 2.05) is 36.4 Å². The summed E-state index contributed by atoms with van der Waals surface area (Å²) in [5, 5.41) is 3.24. The second kappa shape index (κ2) is 5.16. The predicted octanol–water partition coefficient (Wildman–Crippen LogP) is 2.70. The molecule has 1 aromatic carbocycles. The van der Waals surface area contributed by atoms with Gasteiger partial charge in [-0.3, -0.25) is 0 Å². The largest absolute Gasteiger partial charge is 0.481 e. The van der Waals surface area contributed by atoms with Crippen LogP contribution in [0.3, 0.4) is 0 Å². The van der Waals surface area contributed by atoms with Gasteiger partial charge in [-0.2, -0.15) is 4.98 Å². The standard InChI is InChI=1S/C13H14N2O/c1-16-13-9-5-8-12(15-13)14-10-11-6-3-2-4-7-11/h2-9H,10H2,1H3,(H,14,15). The minimum atomic E-state index is 0.623. The Labute approximate surface area is 95.1 Å². The van der Waals surface area contributed by atoms with E-state index in [4.69, 9.17) is 4.74 Å². The van der Waals surface area contributed by atoms with Crippen molar-refractivity contribution in [1.29, 1.82) is 0 Å². The fourth-order valence-electron chi connectivity index (χ4n) is 1.42. The molecule has 1 N–H and O–H groups in total. The van der Waals surface area contributed by atoms with Gasteiger partial charge in [0.25, 0.3) is 0 Å². The van der Waals surface area contributed by atoms with E-state index in [9.17, 15) is 0 Å². The van der Waals surface area contributed by atoms with Gasteiger partial charge in [0.2, 0.25) is 5.88 Å². The summed E-state index contributed by atoms with van der Waals surface area (Å²) < 4.78 is 5.06. The first-order valence-electron chi connectivity index (χ1n) is 5.17. The molecule has 1 aromatic heterocycles. The van der Waals surface area contributed by atoms with Gasteiger partial charge in [-0.1, -0.05) is 36.4 Å². The number of rotatable bonds is 4. The molecule has 0 saturated heterocycles. The van der Waals surface area contributed by atoms with Gasteiger partial charge in [0, 0.05) is 12.6 Å².